The maximum atomic E-state index is 9.39. The fourth-order valence-corrected chi connectivity index (χ4v) is 2.45. The lowest BCUT2D eigenvalue weighted by Crippen LogP contribution is -2.30. The van der Waals surface area contributed by atoms with E-state index in [1.54, 1.807) is 19.2 Å². The highest BCUT2D eigenvalue weighted by Crippen LogP contribution is 2.22. The lowest BCUT2D eigenvalue weighted by molar-refractivity contribution is 0.105. The van der Waals surface area contributed by atoms with Gasteiger partial charge >= 0.3 is 0 Å². The van der Waals surface area contributed by atoms with Gasteiger partial charge in [0.15, 0.2) is 5.49 Å². The highest BCUT2D eigenvalue weighted by Gasteiger charge is 2.20. The molecule has 0 unspecified atom stereocenters. The molecule has 0 atom stereocenters. The zero-order valence-corrected chi connectivity index (χ0v) is 11.6. The molecule has 21 heavy (non-hydrogen) atoms. The highest BCUT2D eigenvalue weighted by atomic mass is 16.5. The third kappa shape index (κ3) is 2.18. The summed E-state index contributed by atoms with van der Waals surface area (Å²) in [4.78, 5) is 0. The largest absolute Gasteiger partial charge is 0.494 e. The molecule has 0 radical (unpaired) electrons. The predicted octanol–water partition coefficient (Wildman–Crippen LogP) is 1.30. The lowest BCUT2D eigenvalue weighted by Gasteiger charge is -2.19. The van der Waals surface area contributed by atoms with Crippen molar-refractivity contribution in [3.05, 3.63) is 46.6 Å². The normalized spacial score (nSPS) is 13.3. The average Bonchev–Trinajstić information content (AvgIpc) is 2.54. The number of benzene rings is 1. The first-order valence-corrected chi connectivity index (χ1v) is 6.57. The van der Waals surface area contributed by atoms with E-state index in [9.17, 15) is 5.26 Å². The number of nitrogens with one attached hydrogen (secondary N) is 1. The average molecular weight is 282 g/mol. The standard InChI is InChI=1S/C15H14N4O2/c1-20-14-5-3-2-4-13(14)19-15(17)11(8-16)10-6-7-21-9-12(10)18-19/h2-5,17H,6-7,9H2,1H3. The van der Waals surface area contributed by atoms with Crippen LogP contribution in [-0.4, -0.2) is 23.5 Å². The highest BCUT2D eigenvalue weighted by molar-refractivity contribution is 5.48. The topological polar surface area (TPSA) is 83.9 Å². The Bertz CT molecular complexity index is 789. The molecule has 1 aromatic carbocycles. The van der Waals surface area contributed by atoms with Crippen LogP contribution < -0.4 is 10.2 Å². The zero-order valence-electron chi connectivity index (χ0n) is 11.6. The molecule has 106 valence electrons. The molecule has 0 bridgehead atoms. The van der Waals surface area contributed by atoms with E-state index >= 15 is 0 Å². The zero-order chi connectivity index (χ0) is 14.8. The van der Waals surface area contributed by atoms with Crippen LogP contribution in [0, 0.1) is 16.7 Å². The molecule has 6 nitrogen and oxygen atoms in total. The SMILES string of the molecule is COc1ccccc1-n1nc2c(c(C#N)c1=N)CCOC2. The Morgan fingerprint density at radius 3 is 3.00 bits per heavy atom. The Morgan fingerprint density at radius 2 is 2.24 bits per heavy atom. The Morgan fingerprint density at radius 1 is 1.43 bits per heavy atom. The molecule has 1 aromatic heterocycles. The lowest BCUT2D eigenvalue weighted by atomic mass is 10.0. The van der Waals surface area contributed by atoms with E-state index in [0.29, 0.717) is 42.3 Å². The molecule has 0 spiro atoms. The number of fused-ring (bicyclic) bond motifs is 1. The fraction of sp³-hybridized carbons (Fsp3) is 0.267. The predicted molar refractivity (Wildman–Crippen MR) is 74.0 cm³/mol. The van der Waals surface area contributed by atoms with Crippen molar-refractivity contribution in [1.29, 1.82) is 10.7 Å². The Balaban J connectivity index is 2.29. The van der Waals surface area contributed by atoms with Crippen LogP contribution in [-0.2, 0) is 17.8 Å². The van der Waals surface area contributed by atoms with E-state index < -0.39 is 0 Å². The van der Waals surface area contributed by atoms with Crippen LogP contribution in [0.3, 0.4) is 0 Å². The summed E-state index contributed by atoms with van der Waals surface area (Å²) in [5.41, 5.74) is 2.59. The first-order valence-electron chi connectivity index (χ1n) is 6.57. The second kappa shape index (κ2) is 5.38. The molecular formula is C15H14N4O2. The second-order valence-corrected chi connectivity index (χ2v) is 4.65. The van der Waals surface area contributed by atoms with Crippen LogP contribution in [0.2, 0.25) is 0 Å². The van der Waals surface area contributed by atoms with Crippen molar-refractivity contribution in [2.45, 2.75) is 13.0 Å². The van der Waals surface area contributed by atoms with Crippen molar-refractivity contribution in [3.8, 4) is 17.5 Å². The first kappa shape index (κ1) is 13.3. The molecule has 0 saturated carbocycles. The van der Waals surface area contributed by atoms with Gasteiger partial charge in [-0.25, -0.2) is 4.68 Å². The number of ether oxygens (including phenoxy) is 2. The molecule has 6 heteroatoms. The van der Waals surface area contributed by atoms with E-state index in [1.807, 2.05) is 12.1 Å². The summed E-state index contributed by atoms with van der Waals surface area (Å²) in [5, 5.41) is 22.1. The van der Waals surface area contributed by atoms with Crippen molar-refractivity contribution in [3.63, 3.8) is 0 Å². The van der Waals surface area contributed by atoms with Gasteiger partial charge in [-0.15, -0.1) is 0 Å². The Kier molecular flexibility index (Phi) is 3.42. The van der Waals surface area contributed by atoms with Crippen molar-refractivity contribution in [1.82, 2.24) is 9.78 Å². The van der Waals surface area contributed by atoms with Gasteiger partial charge in [-0.2, -0.15) is 10.4 Å². The van der Waals surface area contributed by atoms with Crippen LogP contribution in [0.1, 0.15) is 16.8 Å². The smallest absolute Gasteiger partial charge is 0.165 e. The molecule has 2 aromatic rings. The third-order valence-corrected chi connectivity index (χ3v) is 3.48. The Hall–Kier alpha value is -2.65. The molecule has 0 amide bonds. The van der Waals surface area contributed by atoms with Gasteiger partial charge in [0, 0.05) is 5.56 Å². The summed E-state index contributed by atoms with van der Waals surface area (Å²) in [6, 6.07) is 9.42. The first-order chi connectivity index (χ1) is 10.3. The summed E-state index contributed by atoms with van der Waals surface area (Å²) < 4.78 is 12.2. The van der Waals surface area contributed by atoms with Crippen molar-refractivity contribution in [2.75, 3.05) is 13.7 Å². The van der Waals surface area contributed by atoms with Crippen LogP contribution in [0.25, 0.3) is 5.69 Å². The molecule has 0 aliphatic carbocycles. The quantitative estimate of drug-likeness (QED) is 0.900. The minimum Gasteiger partial charge on any atom is -0.494 e. The van der Waals surface area contributed by atoms with E-state index in [0.717, 1.165) is 5.56 Å². The molecule has 2 heterocycles. The molecular weight excluding hydrogens is 268 g/mol. The van der Waals surface area contributed by atoms with E-state index in [1.165, 1.54) is 4.68 Å². The number of aromatic nitrogens is 2. The molecule has 0 fully saturated rings. The molecule has 1 N–H and O–H groups in total. The maximum absolute atomic E-state index is 9.39. The van der Waals surface area contributed by atoms with Gasteiger partial charge < -0.3 is 9.47 Å². The van der Waals surface area contributed by atoms with Gasteiger partial charge in [-0.1, -0.05) is 12.1 Å². The van der Waals surface area contributed by atoms with Gasteiger partial charge in [0.25, 0.3) is 0 Å². The van der Waals surface area contributed by atoms with Gasteiger partial charge in [-0.05, 0) is 18.6 Å². The number of para-hydroxylation sites is 2. The summed E-state index contributed by atoms with van der Waals surface area (Å²) >= 11 is 0. The summed E-state index contributed by atoms with van der Waals surface area (Å²) in [6.45, 7) is 0.918. The molecule has 1 aliphatic rings. The minimum absolute atomic E-state index is 0.0719. The minimum atomic E-state index is 0.0719. The van der Waals surface area contributed by atoms with Crippen molar-refractivity contribution < 1.29 is 9.47 Å². The summed E-state index contributed by atoms with van der Waals surface area (Å²) in [5.74, 6) is 0.601. The monoisotopic (exact) mass is 282 g/mol. The van der Waals surface area contributed by atoms with Crippen LogP contribution in [0.4, 0.5) is 0 Å². The van der Waals surface area contributed by atoms with Crippen LogP contribution in [0.5, 0.6) is 5.75 Å². The molecule has 1 aliphatic heterocycles. The number of hydrogen-bond donors (Lipinski definition) is 1. The number of methoxy groups -OCH3 is 1. The molecule has 3 rings (SSSR count). The third-order valence-electron chi connectivity index (χ3n) is 3.48. The number of rotatable bonds is 2. The second-order valence-electron chi connectivity index (χ2n) is 4.65. The Labute approximate surface area is 121 Å². The van der Waals surface area contributed by atoms with Crippen molar-refractivity contribution in [2.24, 2.45) is 0 Å². The summed E-state index contributed by atoms with van der Waals surface area (Å²) in [6.07, 6.45) is 0.615. The van der Waals surface area contributed by atoms with Gasteiger partial charge in [-0.3, -0.25) is 5.41 Å². The fourth-order valence-electron chi connectivity index (χ4n) is 2.45. The maximum Gasteiger partial charge on any atom is 0.165 e. The van der Waals surface area contributed by atoms with E-state index in [2.05, 4.69) is 11.2 Å². The van der Waals surface area contributed by atoms with E-state index in [-0.39, 0.29) is 5.49 Å². The van der Waals surface area contributed by atoms with Gasteiger partial charge in [0.2, 0.25) is 0 Å². The summed E-state index contributed by atoms with van der Waals surface area (Å²) in [7, 11) is 1.57. The van der Waals surface area contributed by atoms with Gasteiger partial charge in [0.05, 0.1) is 26.0 Å². The van der Waals surface area contributed by atoms with Crippen LogP contribution >= 0.6 is 0 Å². The van der Waals surface area contributed by atoms with Crippen molar-refractivity contribution >= 4 is 0 Å². The van der Waals surface area contributed by atoms with Gasteiger partial charge in [0.1, 0.15) is 23.1 Å². The number of hydrogen-bond acceptors (Lipinski definition) is 5. The molecule has 0 saturated heterocycles. The van der Waals surface area contributed by atoms with Crippen LogP contribution in [0.15, 0.2) is 24.3 Å². The number of nitriles is 1. The van der Waals surface area contributed by atoms with E-state index in [4.69, 9.17) is 14.9 Å². The number of nitrogens with zero attached hydrogens (tertiary/aromatic N) is 3.